The Hall–Kier alpha value is -3.35. The van der Waals surface area contributed by atoms with Gasteiger partial charge in [-0.15, -0.1) is 0 Å². The zero-order valence-electron chi connectivity index (χ0n) is 18.6. The van der Waals surface area contributed by atoms with E-state index in [1.165, 1.54) is 22.3 Å². The lowest BCUT2D eigenvalue weighted by molar-refractivity contribution is -0.137. The van der Waals surface area contributed by atoms with Gasteiger partial charge < -0.3 is 20.5 Å². The van der Waals surface area contributed by atoms with Crippen LogP contribution in [0.25, 0.3) is 11.1 Å². The van der Waals surface area contributed by atoms with Crippen LogP contribution in [0.4, 0.5) is 4.79 Å². The van der Waals surface area contributed by atoms with Crippen LogP contribution in [0.3, 0.4) is 0 Å². The van der Waals surface area contributed by atoms with Crippen molar-refractivity contribution in [3.63, 3.8) is 0 Å². The molecule has 0 unspecified atom stereocenters. The number of alkyl carbamates (subject to hydrolysis) is 1. The fraction of sp³-hybridized carbons (Fsp3) is 0.423. The Labute approximate surface area is 193 Å². The number of ether oxygens (including phenoxy) is 1. The summed E-state index contributed by atoms with van der Waals surface area (Å²) in [7, 11) is 0. The SMILES string of the molecule is O=C(O)CCCNC(=O)C[C@@H]1CCC[C@H]1NC(=O)OCC1c2ccccc2-c2ccccc21. The summed E-state index contributed by atoms with van der Waals surface area (Å²) in [5.74, 6) is -0.900. The van der Waals surface area contributed by atoms with Crippen LogP contribution in [0, 0.1) is 5.92 Å². The molecule has 7 heteroatoms. The lowest BCUT2D eigenvalue weighted by Gasteiger charge is -2.21. The molecule has 2 aliphatic rings. The van der Waals surface area contributed by atoms with Crippen molar-refractivity contribution < 1.29 is 24.2 Å². The Morgan fingerprint density at radius 2 is 1.64 bits per heavy atom. The molecule has 2 aromatic rings. The molecule has 33 heavy (non-hydrogen) atoms. The number of carbonyl (C=O) groups excluding carboxylic acids is 2. The Morgan fingerprint density at radius 3 is 2.30 bits per heavy atom. The lowest BCUT2D eigenvalue weighted by atomic mass is 9.98. The average molecular weight is 451 g/mol. The highest BCUT2D eigenvalue weighted by Crippen LogP contribution is 2.44. The molecule has 2 amide bonds. The minimum absolute atomic E-state index is 0.0131. The first-order valence-electron chi connectivity index (χ1n) is 11.6. The number of rotatable bonds is 9. The largest absolute Gasteiger partial charge is 0.481 e. The first-order valence-corrected chi connectivity index (χ1v) is 11.6. The van der Waals surface area contributed by atoms with Crippen LogP contribution in [0.1, 0.15) is 55.6 Å². The van der Waals surface area contributed by atoms with Crippen molar-refractivity contribution in [3.05, 3.63) is 59.7 Å². The fourth-order valence-electron chi connectivity index (χ4n) is 5.04. The second-order valence-corrected chi connectivity index (χ2v) is 8.82. The topological polar surface area (TPSA) is 105 Å². The first-order chi connectivity index (χ1) is 16.0. The van der Waals surface area contributed by atoms with Gasteiger partial charge in [-0.3, -0.25) is 9.59 Å². The molecular weight excluding hydrogens is 420 g/mol. The number of hydrogen-bond donors (Lipinski definition) is 3. The van der Waals surface area contributed by atoms with Crippen LogP contribution in [-0.4, -0.2) is 42.3 Å². The van der Waals surface area contributed by atoms with Gasteiger partial charge in [-0.1, -0.05) is 55.0 Å². The zero-order valence-corrected chi connectivity index (χ0v) is 18.6. The van der Waals surface area contributed by atoms with Crippen molar-refractivity contribution >= 4 is 18.0 Å². The maximum Gasteiger partial charge on any atom is 0.407 e. The van der Waals surface area contributed by atoms with E-state index in [9.17, 15) is 14.4 Å². The maximum absolute atomic E-state index is 12.6. The summed E-state index contributed by atoms with van der Waals surface area (Å²) in [5, 5.41) is 14.4. The standard InChI is InChI=1S/C26H30N2O5/c29-24(27-14-6-13-25(30)31)15-17-7-5-12-23(17)28-26(32)33-16-22-20-10-3-1-8-18(20)19-9-2-4-11-21(19)22/h1-4,8-11,17,22-23H,5-7,12-16H2,(H,27,29)(H,28,32)(H,30,31)/t17-,23+/m0/s1. The summed E-state index contributed by atoms with van der Waals surface area (Å²) in [6, 6.07) is 16.3. The number of fused-ring (bicyclic) bond motifs is 3. The molecule has 4 rings (SSSR count). The molecular formula is C26H30N2O5. The molecule has 0 saturated heterocycles. The van der Waals surface area contributed by atoms with E-state index in [0.29, 0.717) is 19.4 Å². The first kappa shape index (κ1) is 22.8. The molecule has 2 atom stereocenters. The van der Waals surface area contributed by atoms with Crippen molar-refractivity contribution in [2.24, 2.45) is 5.92 Å². The zero-order chi connectivity index (χ0) is 23.2. The second-order valence-electron chi connectivity index (χ2n) is 8.82. The molecule has 174 valence electrons. The second kappa shape index (κ2) is 10.5. The Balaban J connectivity index is 1.27. The normalized spacial score (nSPS) is 18.9. The third-order valence-electron chi connectivity index (χ3n) is 6.64. The number of nitrogens with one attached hydrogen (secondary N) is 2. The third-order valence-corrected chi connectivity index (χ3v) is 6.64. The molecule has 1 fully saturated rings. The van der Waals surface area contributed by atoms with Crippen molar-refractivity contribution in [2.75, 3.05) is 13.2 Å². The average Bonchev–Trinajstić information content (AvgIpc) is 3.37. The Morgan fingerprint density at radius 1 is 0.970 bits per heavy atom. The van der Waals surface area contributed by atoms with E-state index >= 15 is 0 Å². The summed E-state index contributed by atoms with van der Waals surface area (Å²) >= 11 is 0. The number of hydrogen-bond acceptors (Lipinski definition) is 4. The Bertz CT molecular complexity index is 976. The van der Waals surface area contributed by atoms with Crippen molar-refractivity contribution in [1.82, 2.24) is 10.6 Å². The summed E-state index contributed by atoms with van der Waals surface area (Å²) in [6.45, 7) is 0.615. The highest BCUT2D eigenvalue weighted by atomic mass is 16.5. The molecule has 0 radical (unpaired) electrons. The predicted octanol–water partition coefficient (Wildman–Crippen LogP) is 4.06. The molecule has 0 spiro atoms. The van der Waals surface area contributed by atoms with Gasteiger partial charge in [0.15, 0.2) is 0 Å². The maximum atomic E-state index is 12.6. The number of aliphatic carboxylic acids is 1. The quantitative estimate of drug-likeness (QED) is 0.500. The van der Waals surface area contributed by atoms with Gasteiger partial charge in [0.2, 0.25) is 5.91 Å². The molecule has 7 nitrogen and oxygen atoms in total. The Kier molecular flexibility index (Phi) is 7.27. The third kappa shape index (κ3) is 5.53. The highest BCUT2D eigenvalue weighted by molar-refractivity contribution is 5.79. The summed E-state index contributed by atoms with van der Waals surface area (Å²) < 4.78 is 5.65. The van der Waals surface area contributed by atoms with Crippen LogP contribution in [0.2, 0.25) is 0 Å². The minimum Gasteiger partial charge on any atom is -0.481 e. The van der Waals surface area contributed by atoms with Gasteiger partial charge in [-0.05, 0) is 47.4 Å². The predicted molar refractivity (Wildman–Crippen MR) is 124 cm³/mol. The van der Waals surface area contributed by atoms with Crippen molar-refractivity contribution in [3.8, 4) is 11.1 Å². The monoisotopic (exact) mass is 450 g/mol. The van der Waals surface area contributed by atoms with E-state index < -0.39 is 12.1 Å². The lowest BCUT2D eigenvalue weighted by Crippen LogP contribution is -2.40. The van der Waals surface area contributed by atoms with Gasteiger partial charge in [0, 0.05) is 31.3 Å². The van der Waals surface area contributed by atoms with Crippen LogP contribution in [-0.2, 0) is 14.3 Å². The summed E-state index contributed by atoms with van der Waals surface area (Å²) in [4.78, 5) is 35.4. The van der Waals surface area contributed by atoms with Crippen LogP contribution >= 0.6 is 0 Å². The molecule has 1 saturated carbocycles. The molecule has 2 aliphatic carbocycles. The fourth-order valence-corrected chi connectivity index (χ4v) is 5.04. The number of benzene rings is 2. The van der Waals surface area contributed by atoms with E-state index in [0.717, 1.165) is 19.3 Å². The molecule has 0 aliphatic heterocycles. The van der Waals surface area contributed by atoms with Gasteiger partial charge in [-0.25, -0.2) is 4.79 Å². The van der Waals surface area contributed by atoms with Gasteiger partial charge in [0.05, 0.1) is 0 Å². The van der Waals surface area contributed by atoms with E-state index in [4.69, 9.17) is 9.84 Å². The number of carboxylic acid groups (broad SMARTS) is 1. The van der Waals surface area contributed by atoms with E-state index in [1.807, 2.05) is 24.3 Å². The number of amides is 2. The van der Waals surface area contributed by atoms with Gasteiger partial charge in [-0.2, -0.15) is 0 Å². The molecule has 2 aromatic carbocycles. The molecule has 0 bridgehead atoms. The number of carboxylic acids is 1. The van der Waals surface area contributed by atoms with E-state index in [2.05, 4.69) is 34.9 Å². The van der Waals surface area contributed by atoms with Gasteiger partial charge >= 0.3 is 12.1 Å². The minimum atomic E-state index is -0.868. The van der Waals surface area contributed by atoms with Crippen LogP contribution in [0.15, 0.2) is 48.5 Å². The molecule has 0 heterocycles. The van der Waals surface area contributed by atoms with Crippen molar-refractivity contribution in [1.29, 1.82) is 0 Å². The molecule has 3 N–H and O–H groups in total. The van der Waals surface area contributed by atoms with E-state index in [1.54, 1.807) is 0 Å². The van der Waals surface area contributed by atoms with E-state index in [-0.39, 0.29) is 36.8 Å². The van der Waals surface area contributed by atoms with Crippen LogP contribution in [0.5, 0.6) is 0 Å². The van der Waals surface area contributed by atoms with Gasteiger partial charge in [0.25, 0.3) is 0 Å². The molecule has 0 aromatic heterocycles. The van der Waals surface area contributed by atoms with Crippen LogP contribution < -0.4 is 10.6 Å². The smallest absolute Gasteiger partial charge is 0.407 e. The van der Waals surface area contributed by atoms with Crippen molar-refractivity contribution in [2.45, 2.75) is 50.5 Å². The highest BCUT2D eigenvalue weighted by Gasteiger charge is 2.32. The summed E-state index contributed by atoms with van der Waals surface area (Å²) in [5.41, 5.74) is 4.72. The van der Waals surface area contributed by atoms with Gasteiger partial charge in [0.1, 0.15) is 6.61 Å². The summed E-state index contributed by atoms with van der Waals surface area (Å²) in [6.07, 6.45) is 2.96. The number of carbonyl (C=O) groups is 3.